The van der Waals surface area contributed by atoms with E-state index in [0.717, 1.165) is 11.4 Å². The van der Waals surface area contributed by atoms with Crippen LogP contribution in [0.25, 0.3) is 5.69 Å². The molecule has 9 heteroatoms. The summed E-state index contributed by atoms with van der Waals surface area (Å²) >= 11 is 1.33. The zero-order valence-corrected chi connectivity index (χ0v) is 17.0. The molecule has 0 saturated carbocycles. The molecule has 1 aromatic heterocycles. The number of hydrogen-bond donors (Lipinski definition) is 1. The van der Waals surface area contributed by atoms with Crippen molar-refractivity contribution in [1.82, 2.24) is 20.2 Å². The summed E-state index contributed by atoms with van der Waals surface area (Å²) < 4.78 is 12.4. The zero-order valence-electron chi connectivity index (χ0n) is 16.2. The number of nitrogens with zero attached hydrogens (tertiary/aromatic N) is 4. The highest BCUT2D eigenvalue weighted by atomic mass is 32.2. The Hall–Kier alpha value is -2.91. The van der Waals surface area contributed by atoms with Crippen molar-refractivity contribution in [3.05, 3.63) is 54.1 Å². The minimum atomic E-state index is -0.710. The van der Waals surface area contributed by atoms with Gasteiger partial charge in [-0.25, -0.2) is 0 Å². The normalized spacial score (nSPS) is 11.8. The van der Waals surface area contributed by atoms with Crippen LogP contribution < -0.4 is 9.47 Å². The largest absolute Gasteiger partial charge is 0.497 e. The topological polar surface area (TPSA) is 99.4 Å². The summed E-state index contributed by atoms with van der Waals surface area (Å²) in [5, 5.41) is 22.5. The summed E-state index contributed by atoms with van der Waals surface area (Å²) in [5.41, 5.74) is 1.45. The first-order valence-electron chi connectivity index (χ1n) is 9.10. The second kappa shape index (κ2) is 10.0. The number of rotatable bonds is 10. The summed E-state index contributed by atoms with van der Waals surface area (Å²) in [6.07, 6.45) is -0.246. The maximum atomic E-state index is 11.6. The molecule has 0 amide bonds. The third-order valence-electron chi connectivity index (χ3n) is 4.10. The van der Waals surface area contributed by atoms with Crippen molar-refractivity contribution in [2.45, 2.75) is 24.6 Å². The fraction of sp³-hybridized carbons (Fsp3) is 0.300. The van der Waals surface area contributed by atoms with Gasteiger partial charge in [-0.2, -0.15) is 4.68 Å². The number of carbonyl (C=O) groups is 1. The molecule has 0 spiro atoms. The van der Waals surface area contributed by atoms with E-state index in [4.69, 9.17) is 9.47 Å². The molecular weight excluding hydrogens is 392 g/mol. The Balaban J connectivity index is 1.51. The van der Waals surface area contributed by atoms with Crippen LogP contribution in [0.1, 0.15) is 23.7 Å². The van der Waals surface area contributed by atoms with Gasteiger partial charge < -0.3 is 14.6 Å². The fourth-order valence-corrected chi connectivity index (χ4v) is 3.30. The molecule has 29 heavy (non-hydrogen) atoms. The number of carbonyl (C=O) groups excluding carboxylic acids is 1. The van der Waals surface area contributed by atoms with Gasteiger partial charge in [-0.1, -0.05) is 18.7 Å². The van der Waals surface area contributed by atoms with Crippen molar-refractivity contribution in [2.75, 3.05) is 19.5 Å². The Morgan fingerprint density at radius 3 is 2.48 bits per heavy atom. The smallest absolute Gasteiger partial charge is 0.214 e. The van der Waals surface area contributed by atoms with Gasteiger partial charge in [0.25, 0.3) is 0 Å². The highest BCUT2D eigenvalue weighted by Crippen LogP contribution is 2.21. The van der Waals surface area contributed by atoms with E-state index in [1.54, 1.807) is 36.1 Å². The number of aliphatic hydroxyl groups excluding tert-OH is 1. The van der Waals surface area contributed by atoms with Crippen molar-refractivity contribution in [1.29, 1.82) is 0 Å². The van der Waals surface area contributed by atoms with Crippen LogP contribution >= 0.6 is 11.8 Å². The van der Waals surface area contributed by atoms with Gasteiger partial charge in [0.05, 0.1) is 18.9 Å². The van der Waals surface area contributed by atoms with E-state index in [-0.39, 0.29) is 12.4 Å². The Morgan fingerprint density at radius 1 is 1.14 bits per heavy atom. The van der Waals surface area contributed by atoms with Gasteiger partial charge in [-0.15, -0.1) is 5.10 Å². The highest BCUT2D eigenvalue weighted by molar-refractivity contribution is 7.99. The molecule has 8 nitrogen and oxygen atoms in total. The van der Waals surface area contributed by atoms with Crippen LogP contribution in [0.2, 0.25) is 0 Å². The summed E-state index contributed by atoms with van der Waals surface area (Å²) in [6, 6.07) is 14.3. The molecule has 1 N–H and O–H groups in total. The number of Topliss-reactive ketones (excluding diaryl/α,β-unsaturated/α-hetero) is 1. The Kier molecular flexibility index (Phi) is 7.20. The average Bonchev–Trinajstić information content (AvgIpc) is 3.24. The molecule has 0 unspecified atom stereocenters. The lowest BCUT2D eigenvalue weighted by Gasteiger charge is -2.12. The second-order valence-electron chi connectivity index (χ2n) is 6.15. The third kappa shape index (κ3) is 5.55. The maximum Gasteiger partial charge on any atom is 0.214 e. The molecular formula is C20H22N4O4S. The minimum Gasteiger partial charge on any atom is -0.497 e. The highest BCUT2D eigenvalue weighted by Gasteiger charge is 2.13. The van der Waals surface area contributed by atoms with E-state index in [2.05, 4.69) is 15.5 Å². The van der Waals surface area contributed by atoms with Gasteiger partial charge in [-0.3, -0.25) is 4.79 Å². The molecule has 152 valence electrons. The maximum absolute atomic E-state index is 11.6. The minimum absolute atomic E-state index is 0.0857. The van der Waals surface area contributed by atoms with Crippen molar-refractivity contribution in [3.63, 3.8) is 0 Å². The van der Waals surface area contributed by atoms with Gasteiger partial charge in [0.1, 0.15) is 18.1 Å². The molecule has 1 heterocycles. The van der Waals surface area contributed by atoms with Crippen molar-refractivity contribution < 1.29 is 19.4 Å². The number of ether oxygens (including phenoxy) is 2. The number of ketones is 1. The molecule has 0 bridgehead atoms. The van der Waals surface area contributed by atoms with Crippen LogP contribution in [-0.2, 0) is 0 Å². The van der Waals surface area contributed by atoms with Crippen LogP contribution in [0.15, 0.2) is 53.7 Å². The summed E-state index contributed by atoms with van der Waals surface area (Å²) in [6.45, 7) is 1.95. The first-order chi connectivity index (χ1) is 14.1. The van der Waals surface area contributed by atoms with E-state index < -0.39 is 6.10 Å². The van der Waals surface area contributed by atoms with Gasteiger partial charge in [-0.05, 0) is 59.0 Å². The molecule has 0 radical (unpaired) electrons. The van der Waals surface area contributed by atoms with Crippen LogP contribution in [0.4, 0.5) is 0 Å². The predicted octanol–water partition coefficient (Wildman–Crippen LogP) is 2.80. The summed E-state index contributed by atoms with van der Waals surface area (Å²) in [4.78, 5) is 11.6. The van der Waals surface area contributed by atoms with Gasteiger partial charge in [0.2, 0.25) is 5.16 Å². The van der Waals surface area contributed by atoms with Crippen LogP contribution in [0.3, 0.4) is 0 Å². The number of aliphatic hydroxyl groups is 1. The number of benzene rings is 2. The fourth-order valence-electron chi connectivity index (χ4n) is 2.51. The predicted molar refractivity (Wildman–Crippen MR) is 109 cm³/mol. The number of thioether (sulfide) groups is 1. The van der Waals surface area contributed by atoms with E-state index in [1.165, 1.54) is 11.8 Å². The molecule has 0 aliphatic carbocycles. The number of aromatic nitrogens is 4. The van der Waals surface area contributed by atoms with Crippen LogP contribution in [0.5, 0.6) is 11.5 Å². The average molecular weight is 414 g/mol. The van der Waals surface area contributed by atoms with E-state index in [0.29, 0.717) is 28.6 Å². The SMILES string of the molecule is CCC(=O)c1ccc(OC[C@H](O)CSc2nnnn2-c2ccc(OC)cc2)cc1. The molecule has 1 atom stereocenters. The summed E-state index contributed by atoms with van der Waals surface area (Å²) in [7, 11) is 1.61. The second-order valence-corrected chi connectivity index (χ2v) is 7.14. The lowest BCUT2D eigenvalue weighted by molar-refractivity contribution is 0.0987. The molecule has 2 aromatic carbocycles. The molecule has 0 saturated heterocycles. The van der Waals surface area contributed by atoms with Crippen LogP contribution in [-0.4, -0.2) is 56.7 Å². The lowest BCUT2D eigenvalue weighted by atomic mass is 10.1. The van der Waals surface area contributed by atoms with E-state index in [1.807, 2.05) is 31.2 Å². The van der Waals surface area contributed by atoms with Crippen molar-refractivity contribution in [2.24, 2.45) is 0 Å². The van der Waals surface area contributed by atoms with Crippen molar-refractivity contribution in [3.8, 4) is 17.2 Å². The van der Waals surface area contributed by atoms with Gasteiger partial charge in [0, 0.05) is 17.7 Å². The number of methoxy groups -OCH3 is 1. The Bertz CT molecular complexity index is 928. The number of tetrazole rings is 1. The Morgan fingerprint density at radius 2 is 1.83 bits per heavy atom. The van der Waals surface area contributed by atoms with Gasteiger partial charge >= 0.3 is 0 Å². The molecule has 3 rings (SSSR count). The summed E-state index contributed by atoms with van der Waals surface area (Å²) in [5.74, 6) is 1.80. The van der Waals surface area contributed by atoms with Gasteiger partial charge in [0.15, 0.2) is 5.78 Å². The van der Waals surface area contributed by atoms with Crippen LogP contribution in [0, 0.1) is 0 Å². The standard InChI is InChI=1S/C20H22N4O4S/c1-3-19(26)14-4-8-18(9-5-14)28-12-16(25)13-29-20-21-22-23-24(20)15-6-10-17(27-2)11-7-15/h4-11,16,25H,3,12-13H2,1-2H3/t16-/m0/s1. The Labute approximate surface area is 172 Å². The van der Waals surface area contributed by atoms with E-state index >= 15 is 0 Å². The lowest BCUT2D eigenvalue weighted by Crippen LogP contribution is -2.20. The molecule has 0 aliphatic heterocycles. The molecule has 0 fully saturated rings. The monoisotopic (exact) mass is 414 g/mol. The molecule has 0 aliphatic rings. The molecule has 3 aromatic rings. The first-order valence-corrected chi connectivity index (χ1v) is 10.1. The zero-order chi connectivity index (χ0) is 20.6. The van der Waals surface area contributed by atoms with E-state index in [9.17, 15) is 9.90 Å². The van der Waals surface area contributed by atoms with Crippen molar-refractivity contribution >= 4 is 17.5 Å². The number of hydrogen-bond acceptors (Lipinski definition) is 8. The first kappa shape index (κ1) is 20.8. The third-order valence-corrected chi connectivity index (χ3v) is 5.17. The quantitative estimate of drug-likeness (QED) is 0.399.